The summed E-state index contributed by atoms with van der Waals surface area (Å²) in [7, 11) is 1.98. The summed E-state index contributed by atoms with van der Waals surface area (Å²) >= 11 is 0. The van der Waals surface area contributed by atoms with E-state index in [9.17, 15) is 4.79 Å². The zero-order valence-corrected chi connectivity index (χ0v) is 10.6. The average Bonchev–Trinajstić information content (AvgIpc) is 2.26. The summed E-state index contributed by atoms with van der Waals surface area (Å²) in [5, 5.41) is 0. The Hall–Kier alpha value is -1.64. The van der Waals surface area contributed by atoms with E-state index < -0.39 is 0 Å². The number of rotatable bonds is 2. The van der Waals surface area contributed by atoms with Crippen LogP contribution in [0.3, 0.4) is 0 Å². The third kappa shape index (κ3) is 2.73. The third-order valence-electron chi connectivity index (χ3n) is 3.10. The SMILES string of the molecule is CN(C1=CC(=O)CC(C)(C)C1)c1cccnc1. The molecule has 3 heteroatoms. The molecule has 0 amide bonds. The standard InChI is InChI=1S/C14H18N2O/c1-14(2)8-12(7-13(17)9-14)16(3)11-5-4-6-15-10-11/h4-7,10H,8-9H2,1-3H3. The Balaban J connectivity index is 2.26. The molecule has 0 bridgehead atoms. The minimum Gasteiger partial charge on any atom is -0.347 e. The summed E-state index contributed by atoms with van der Waals surface area (Å²) in [6, 6.07) is 3.90. The van der Waals surface area contributed by atoms with Gasteiger partial charge in [0, 0.05) is 31.4 Å². The van der Waals surface area contributed by atoms with E-state index in [4.69, 9.17) is 0 Å². The van der Waals surface area contributed by atoms with Crippen molar-refractivity contribution in [3.8, 4) is 0 Å². The van der Waals surface area contributed by atoms with Crippen molar-refractivity contribution in [3.05, 3.63) is 36.3 Å². The van der Waals surface area contributed by atoms with Gasteiger partial charge in [0.25, 0.3) is 0 Å². The Labute approximate surface area is 102 Å². The molecule has 0 unspecified atom stereocenters. The van der Waals surface area contributed by atoms with E-state index in [0.717, 1.165) is 17.8 Å². The van der Waals surface area contributed by atoms with Gasteiger partial charge >= 0.3 is 0 Å². The maximum absolute atomic E-state index is 11.7. The number of hydrogen-bond acceptors (Lipinski definition) is 3. The van der Waals surface area contributed by atoms with E-state index >= 15 is 0 Å². The Morgan fingerprint density at radius 1 is 1.35 bits per heavy atom. The normalized spacial score (nSPS) is 18.8. The van der Waals surface area contributed by atoms with Crippen molar-refractivity contribution in [2.75, 3.05) is 11.9 Å². The zero-order chi connectivity index (χ0) is 12.5. The molecule has 0 saturated heterocycles. The van der Waals surface area contributed by atoms with E-state index in [2.05, 4.69) is 18.8 Å². The predicted octanol–water partition coefficient (Wildman–Crippen LogP) is 2.79. The van der Waals surface area contributed by atoms with Gasteiger partial charge in [-0.05, 0) is 24.0 Å². The fraction of sp³-hybridized carbons (Fsp3) is 0.429. The number of nitrogens with zero attached hydrogens (tertiary/aromatic N) is 2. The number of anilines is 1. The molecule has 1 aliphatic rings. The first-order valence-corrected chi connectivity index (χ1v) is 5.85. The molecule has 0 aromatic carbocycles. The van der Waals surface area contributed by atoms with Crippen molar-refractivity contribution in [2.24, 2.45) is 5.41 Å². The summed E-state index contributed by atoms with van der Waals surface area (Å²) < 4.78 is 0. The molecule has 1 aromatic rings. The van der Waals surface area contributed by atoms with Crippen LogP contribution in [0.2, 0.25) is 0 Å². The Morgan fingerprint density at radius 2 is 2.12 bits per heavy atom. The van der Waals surface area contributed by atoms with Crippen molar-refractivity contribution < 1.29 is 4.79 Å². The molecule has 90 valence electrons. The molecule has 0 fully saturated rings. The number of allylic oxidation sites excluding steroid dienone is 2. The van der Waals surface area contributed by atoms with Crippen molar-refractivity contribution in [2.45, 2.75) is 26.7 Å². The summed E-state index contributed by atoms with van der Waals surface area (Å²) in [5.41, 5.74) is 2.14. The highest BCUT2D eigenvalue weighted by Crippen LogP contribution is 2.35. The fourth-order valence-corrected chi connectivity index (χ4v) is 2.25. The van der Waals surface area contributed by atoms with Crippen LogP contribution < -0.4 is 4.90 Å². The van der Waals surface area contributed by atoms with Crippen molar-refractivity contribution in [1.29, 1.82) is 0 Å². The molecule has 3 nitrogen and oxygen atoms in total. The van der Waals surface area contributed by atoms with E-state index in [1.165, 1.54) is 0 Å². The van der Waals surface area contributed by atoms with Crippen LogP contribution in [0.4, 0.5) is 5.69 Å². The Kier molecular flexibility index (Phi) is 3.01. The number of hydrogen-bond donors (Lipinski definition) is 0. The monoisotopic (exact) mass is 230 g/mol. The van der Waals surface area contributed by atoms with Crippen LogP contribution >= 0.6 is 0 Å². The molecule has 0 N–H and O–H groups in total. The second-order valence-corrected chi connectivity index (χ2v) is 5.39. The van der Waals surface area contributed by atoms with Gasteiger partial charge in [0.1, 0.15) is 0 Å². The van der Waals surface area contributed by atoms with Crippen LogP contribution in [0.15, 0.2) is 36.3 Å². The highest BCUT2D eigenvalue weighted by molar-refractivity contribution is 5.92. The van der Waals surface area contributed by atoms with Crippen molar-refractivity contribution in [3.63, 3.8) is 0 Å². The third-order valence-corrected chi connectivity index (χ3v) is 3.10. The molecule has 1 aliphatic carbocycles. The van der Waals surface area contributed by atoms with Gasteiger partial charge in [0.2, 0.25) is 0 Å². The first-order chi connectivity index (χ1) is 7.98. The minimum absolute atomic E-state index is 0.0532. The lowest BCUT2D eigenvalue weighted by Gasteiger charge is -2.33. The van der Waals surface area contributed by atoms with E-state index in [1.807, 2.05) is 30.3 Å². The lowest BCUT2D eigenvalue weighted by molar-refractivity contribution is -0.117. The average molecular weight is 230 g/mol. The maximum Gasteiger partial charge on any atom is 0.157 e. The molecule has 0 radical (unpaired) electrons. The van der Waals surface area contributed by atoms with Gasteiger partial charge in [0.15, 0.2) is 5.78 Å². The van der Waals surface area contributed by atoms with Crippen LogP contribution in [0.1, 0.15) is 26.7 Å². The number of carbonyl (C=O) groups excluding carboxylic acids is 1. The molecule has 1 aromatic heterocycles. The number of pyridine rings is 1. The Morgan fingerprint density at radius 3 is 2.71 bits per heavy atom. The number of carbonyl (C=O) groups is 1. The van der Waals surface area contributed by atoms with Gasteiger partial charge in [-0.15, -0.1) is 0 Å². The highest BCUT2D eigenvalue weighted by Gasteiger charge is 2.29. The van der Waals surface area contributed by atoms with Crippen LogP contribution in [0.5, 0.6) is 0 Å². The van der Waals surface area contributed by atoms with Crippen LogP contribution in [-0.2, 0) is 4.79 Å². The molecular weight excluding hydrogens is 212 g/mol. The van der Waals surface area contributed by atoms with Crippen molar-refractivity contribution >= 4 is 11.5 Å². The molecule has 17 heavy (non-hydrogen) atoms. The van der Waals surface area contributed by atoms with Gasteiger partial charge in [-0.3, -0.25) is 9.78 Å². The predicted molar refractivity (Wildman–Crippen MR) is 68.7 cm³/mol. The number of ketones is 1. The van der Waals surface area contributed by atoms with E-state index in [1.54, 1.807) is 12.3 Å². The van der Waals surface area contributed by atoms with Gasteiger partial charge < -0.3 is 4.90 Å². The largest absolute Gasteiger partial charge is 0.347 e. The molecule has 0 atom stereocenters. The summed E-state index contributed by atoms with van der Waals surface area (Å²) in [4.78, 5) is 17.9. The first kappa shape index (κ1) is 11.8. The quantitative estimate of drug-likeness (QED) is 0.783. The van der Waals surface area contributed by atoms with E-state index in [0.29, 0.717) is 6.42 Å². The topological polar surface area (TPSA) is 33.2 Å². The van der Waals surface area contributed by atoms with Crippen LogP contribution in [0.25, 0.3) is 0 Å². The van der Waals surface area contributed by atoms with Crippen LogP contribution in [-0.4, -0.2) is 17.8 Å². The number of aromatic nitrogens is 1. The van der Waals surface area contributed by atoms with Gasteiger partial charge in [-0.25, -0.2) is 0 Å². The molecule has 0 aliphatic heterocycles. The lowest BCUT2D eigenvalue weighted by Crippen LogP contribution is -2.29. The highest BCUT2D eigenvalue weighted by atomic mass is 16.1. The van der Waals surface area contributed by atoms with Gasteiger partial charge in [-0.2, -0.15) is 0 Å². The smallest absolute Gasteiger partial charge is 0.157 e. The Bertz CT molecular complexity index is 449. The second-order valence-electron chi connectivity index (χ2n) is 5.39. The first-order valence-electron chi connectivity index (χ1n) is 5.85. The van der Waals surface area contributed by atoms with Gasteiger partial charge in [0.05, 0.1) is 11.9 Å². The maximum atomic E-state index is 11.7. The molecule has 0 spiro atoms. The molecular formula is C14H18N2O. The zero-order valence-electron chi connectivity index (χ0n) is 10.6. The van der Waals surface area contributed by atoms with Gasteiger partial charge in [-0.1, -0.05) is 13.8 Å². The lowest BCUT2D eigenvalue weighted by atomic mass is 9.78. The summed E-state index contributed by atoms with van der Waals surface area (Å²) in [5.74, 6) is 0.215. The fourth-order valence-electron chi connectivity index (χ4n) is 2.25. The van der Waals surface area contributed by atoms with Crippen molar-refractivity contribution in [1.82, 2.24) is 4.98 Å². The summed E-state index contributed by atoms with van der Waals surface area (Å²) in [6.07, 6.45) is 6.88. The molecule has 1 heterocycles. The minimum atomic E-state index is 0.0532. The summed E-state index contributed by atoms with van der Waals surface area (Å²) in [6.45, 7) is 4.27. The molecule has 0 saturated carbocycles. The van der Waals surface area contributed by atoms with E-state index in [-0.39, 0.29) is 11.2 Å². The van der Waals surface area contributed by atoms with Crippen LogP contribution in [0, 0.1) is 5.41 Å². The second kappa shape index (κ2) is 4.32. The molecule has 2 rings (SSSR count).